The second kappa shape index (κ2) is 7.67. The number of hydrogen-bond donors (Lipinski definition) is 0. The highest BCUT2D eigenvalue weighted by Crippen LogP contribution is 2.20. The average Bonchev–Trinajstić information content (AvgIpc) is 3.24. The molecule has 1 atom stereocenters. The lowest BCUT2D eigenvalue weighted by Crippen LogP contribution is -2.32. The Hall–Kier alpha value is -2.07. The molecule has 4 nitrogen and oxygen atoms in total. The van der Waals surface area contributed by atoms with Crippen molar-refractivity contribution in [3.8, 4) is 0 Å². The molecule has 0 spiro atoms. The Morgan fingerprint density at radius 3 is 2.75 bits per heavy atom. The Labute approximate surface area is 144 Å². The molecule has 24 heavy (non-hydrogen) atoms. The number of rotatable bonds is 6. The summed E-state index contributed by atoms with van der Waals surface area (Å²) in [5.74, 6) is 1.83. The van der Waals surface area contributed by atoms with Crippen LogP contribution in [0.4, 0.5) is 0 Å². The number of carbonyl (C=O) groups excluding carboxylic acids is 1. The van der Waals surface area contributed by atoms with Crippen molar-refractivity contribution in [3.05, 3.63) is 59.5 Å². The molecule has 1 amide bonds. The Kier molecular flexibility index (Phi) is 5.36. The Balaban J connectivity index is 1.50. The van der Waals surface area contributed by atoms with E-state index in [2.05, 4.69) is 35.2 Å². The van der Waals surface area contributed by atoms with Gasteiger partial charge in [-0.3, -0.25) is 9.69 Å². The van der Waals surface area contributed by atoms with E-state index in [4.69, 9.17) is 4.42 Å². The summed E-state index contributed by atoms with van der Waals surface area (Å²) in [7, 11) is 1.87. The van der Waals surface area contributed by atoms with Gasteiger partial charge in [0.2, 0.25) is 0 Å². The molecule has 2 heterocycles. The molecule has 0 saturated carbocycles. The van der Waals surface area contributed by atoms with Gasteiger partial charge in [0.25, 0.3) is 5.91 Å². The summed E-state index contributed by atoms with van der Waals surface area (Å²) in [6, 6.07) is 14.2. The third-order valence-corrected chi connectivity index (χ3v) is 4.72. The molecule has 128 valence electrons. The number of carbonyl (C=O) groups is 1. The molecule has 0 unspecified atom stereocenters. The van der Waals surface area contributed by atoms with Crippen molar-refractivity contribution in [1.82, 2.24) is 9.80 Å². The number of nitrogens with zero attached hydrogens (tertiary/aromatic N) is 2. The van der Waals surface area contributed by atoms with Crippen LogP contribution < -0.4 is 0 Å². The standard InChI is InChI=1S/C20H26N2O2/c1-3-18-9-10-19(24-18)20(23)21(2)13-17-11-12-22(15-17)14-16-7-5-4-6-8-16/h4-10,17H,3,11-15H2,1-2H3/t17-/m1/s1. The van der Waals surface area contributed by atoms with Crippen molar-refractivity contribution in [2.75, 3.05) is 26.7 Å². The van der Waals surface area contributed by atoms with Gasteiger partial charge in [0, 0.05) is 33.1 Å². The molecule has 0 bridgehead atoms. The molecular weight excluding hydrogens is 300 g/mol. The van der Waals surface area contributed by atoms with E-state index in [0.29, 0.717) is 11.7 Å². The maximum Gasteiger partial charge on any atom is 0.289 e. The predicted molar refractivity (Wildman–Crippen MR) is 94.9 cm³/mol. The van der Waals surface area contributed by atoms with Crippen LogP contribution in [0, 0.1) is 5.92 Å². The van der Waals surface area contributed by atoms with Crippen molar-refractivity contribution in [1.29, 1.82) is 0 Å². The van der Waals surface area contributed by atoms with Crippen LogP contribution in [0.5, 0.6) is 0 Å². The van der Waals surface area contributed by atoms with Crippen molar-refractivity contribution in [2.24, 2.45) is 5.92 Å². The summed E-state index contributed by atoms with van der Waals surface area (Å²) in [5, 5.41) is 0. The SMILES string of the molecule is CCc1ccc(C(=O)N(C)C[C@H]2CCN(Cc3ccccc3)C2)o1. The lowest BCUT2D eigenvalue weighted by Gasteiger charge is -2.21. The molecule has 1 aliphatic rings. The van der Waals surface area contributed by atoms with Crippen LogP contribution in [0.25, 0.3) is 0 Å². The van der Waals surface area contributed by atoms with Crippen LogP contribution in [-0.2, 0) is 13.0 Å². The predicted octanol–water partition coefficient (Wildman–Crippen LogP) is 3.44. The number of hydrogen-bond acceptors (Lipinski definition) is 3. The summed E-state index contributed by atoms with van der Waals surface area (Å²) in [6.07, 6.45) is 1.96. The van der Waals surface area contributed by atoms with Crippen LogP contribution >= 0.6 is 0 Å². The van der Waals surface area contributed by atoms with Gasteiger partial charge in [0.1, 0.15) is 5.76 Å². The minimum Gasteiger partial charge on any atom is -0.456 e. The maximum atomic E-state index is 12.5. The molecule has 2 aromatic rings. The highest BCUT2D eigenvalue weighted by atomic mass is 16.4. The van der Waals surface area contributed by atoms with Gasteiger partial charge in [-0.05, 0) is 36.6 Å². The van der Waals surface area contributed by atoms with Crippen LogP contribution in [0.2, 0.25) is 0 Å². The van der Waals surface area contributed by atoms with E-state index in [1.165, 1.54) is 5.56 Å². The van der Waals surface area contributed by atoms with Gasteiger partial charge in [0.05, 0.1) is 0 Å². The van der Waals surface area contributed by atoms with Gasteiger partial charge >= 0.3 is 0 Å². The van der Waals surface area contributed by atoms with Crippen molar-refractivity contribution < 1.29 is 9.21 Å². The minimum absolute atomic E-state index is 0.0174. The smallest absolute Gasteiger partial charge is 0.289 e. The first-order valence-corrected chi connectivity index (χ1v) is 8.76. The van der Waals surface area contributed by atoms with E-state index >= 15 is 0 Å². The molecule has 4 heteroatoms. The van der Waals surface area contributed by atoms with Crippen LogP contribution in [0.1, 0.15) is 35.2 Å². The zero-order valence-electron chi connectivity index (χ0n) is 14.6. The molecular formula is C20H26N2O2. The van der Waals surface area contributed by atoms with Gasteiger partial charge in [0.15, 0.2) is 5.76 Å². The second-order valence-corrected chi connectivity index (χ2v) is 6.68. The van der Waals surface area contributed by atoms with E-state index in [9.17, 15) is 4.79 Å². The largest absolute Gasteiger partial charge is 0.456 e. The molecule has 1 aromatic carbocycles. The molecule has 1 fully saturated rings. The number of likely N-dealkylation sites (tertiary alicyclic amines) is 1. The average molecular weight is 326 g/mol. The molecule has 0 N–H and O–H groups in total. The van der Waals surface area contributed by atoms with Gasteiger partial charge in [-0.25, -0.2) is 0 Å². The first kappa shape index (κ1) is 16.8. The number of benzene rings is 1. The fourth-order valence-electron chi connectivity index (χ4n) is 3.39. The monoisotopic (exact) mass is 326 g/mol. The third kappa shape index (κ3) is 4.06. The summed E-state index contributed by atoms with van der Waals surface area (Å²) < 4.78 is 5.58. The highest BCUT2D eigenvalue weighted by Gasteiger charge is 2.26. The van der Waals surface area contributed by atoms with Crippen LogP contribution in [-0.4, -0.2) is 42.4 Å². The Bertz CT molecular complexity index is 665. The summed E-state index contributed by atoms with van der Waals surface area (Å²) in [5.41, 5.74) is 1.35. The summed E-state index contributed by atoms with van der Waals surface area (Å²) >= 11 is 0. The Morgan fingerprint density at radius 1 is 1.25 bits per heavy atom. The second-order valence-electron chi connectivity index (χ2n) is 6.68. The van der Waals surface area contributed by atoms with E-state index < -0.39 is 0 Å². The Morgan fingerprint density at radius 2 is 2.04 bits per heavy atom. The zero-order chi connectivity index (χ0) is 16.9. The van der Waals surface area contributed by atoms with Gasteiger partial charge in [-0.2, -0.15) is 0 Å². The lowest BCUT2D eigenvalue weighted by molar-refractivity contribution is 0.0740. The summed E-state index contributed by atoms with van der Waals surface area (Å²) in [4.78, 5) is 16.7. The fraction of sp³-hybridized carbons (Fsp3) is 0.450. The normalized spacial score (nSPS) is 18.0. The third-order valence-electron chi connectivity index (χ3n) is 4.72. The number of amides is 1. The van der Waals surface area contributed by atoms with Gasteiger partial charge < -0.3 is 9.32 Å². The molecule has 3 rings (SSSR count). The first-order chi connectivity index (χ1) is 11.7. The van der Waals surface area contributed by atoms with Crippen LogP contribution in [0.3, 0.4) is 0 Å². The van der Waals surface area contributed by atoms with Crippen molar-refractivity contribution >= 4 is 5.91 Å². The molecule has 1 aliphatic heterocycles. The first-order valence-electron chi connectivity index (χ1n) is 8.76. The minimum atomic E-state index is -0.0174. The maximum absolute atomic E-state index is 12.5. The zero-order valence-corrected chi connectivity index (χ0v) is 14.6. The number of aryl methyl sites for hydroxylation is 1. The van der Waals surface area contributed by atoms with E-state index in [-0.39, 0.29) is 5.91 Å². The lowest BCUT2D eigenvalue weighted by atomic mass is 10.1. The molecule has 1 saturated heterocycles. The van der Waals surface area contributed by atoms with E-state index in [1.807, 2.05) is 20.0 Å². The molecule has 0 radical (unpaired) electrons. The highest BCUT2D eigenvalue weighted by molar-refractivity contribution is 5.91. The van der Waals surface area contributed by atoms with Gasteiger partial charge in [-0.15, -0.1) is 0 Å². The van der Waals surface area contributed by atoms with E-state index in [1.54, 1.807) is 11.0 Å². The summed E-state index contributed by atoms with van der Waals surface area (Å²) in [6.45, 7) is 5.95. The quantitative estimate of drug-likeness (QED) is 0.816. The van der Waals surface area contributed by atoms with Gasteiger partial charge in [-0.1, -0.05) is 37.3 Å². The number of furan rings is 1. The molecule has 1 aromatic heterocycles. The topological polar surface area (TPSA) is 36.7 Å². The fourth-order valence-corrected chi connectivity index (χ4v) is 3.39. The van der Waals surface area contributed by atoms with Crippen molar-refractivity contribution in [3.63, 3.8) is 0 Å². The van der Waals surface area contributed by atoms with E-state index in [0.717, 1.165) is 44.8 Å². The molecule has 0 aliphatic carbocycles. The van der Waals surface area contributed by atoms with Crippen molar-refractivity contribution in [2.45, 2.75) is 26.3 Å². The van der Waals surface area contributed by atoms with Crippen LogP contribution in [0.15, 0.2) is 46.9 Å².